The fourth-order valence-electron chi connectivity index (χ4n) is 4.47. The Morgan fingerprint density at radius 3 is 1.77 bits per heavy atom. The summed E-state index contributed by atoms with van der Waals surface area (Å²) in [5.74, 6) is 0.375. The Kier molecular flexibility index (Phi) is 7.51. The van der Waals surface area contributed by atoms with Crippen molar-refractivity contribution in [3.05, 3.63) is 108 Å². The summed E-state index contributed by atoms with van der Waals surface area (Å²) in [6.07, 6.45) is 2.82. The maximum Gasteiger partial charge on any atom is 0.223 e. The molecule has 0 saturated carbocycles. The van der Waals surface area contributed by atoms with Gasteiger partial charge in [0.15, 0.2) is 0 Å². The van der Waals surface area contributed by atoms with Gasteiger partial charge in [0.1, 0.15) is 0 Å². The molecule has 0 atom stereocenters. The summed E-state index contributed by atoms with van der Waals surface area (Å²) < 4.78 is 0. The van der Waals surface area contributed by atoms with Crippen molar-refractivity contribution in [1.29, 1.82) is 0 Å². The predicted octanol–water partition coefficient (Wildman–Crippen LogP) is 4.99. The van der Waals surface area contributed by atoms with E-state index < -0.39 is 0 Å². The number of carbonyl (C=O) groups excluding carboxylic acids is 1. The average molecular weight is 413 g/mol. The lowest BCUT2D eigenvalue weighted by Crippen LogP contribution is -2.49. The van der Waals surface area contributed by atoms with Gasteiger partial charge in [-0.1, -0.05) is 91.0 Å². The molecule has 1 aliphatic heterocycles. The van der Waals surface area contributed by atoms with Crippen LogP contribution in [0.25, 0.3) is 0 Å². The van der Waals surface area contributed by atoms with Crippen molar-refractivity contribution in [2.75, 3.05) is 32.7 Å². The lowest BCUT2D eigenvalue weighted by atomic mass is 9.88. The van der Waals surface area contributed by atoms with Gasteiger partial charge in [0.05, 0.1) is 0 Å². The quantitative estimate of drug-likeness (QED) is 0.521. The Balaban J connectivity index is 1.29. The molecule has 3 heteroatoms. The van der Waals surface area contributed by atoms with Gasteiger partial charge < -0.3 is 4.90 Å². The van der Waals surface area contributed by atoms with Crippen molar-refractivity contribution < 1.29 is 4.79 Å². The summed E-state index contributed by atoms with van der Waals surface area (Å²) in [5.41, 5.74) is 3.83. The third-order valence-corrected chi connectivity index (χ3v) is 6.29. The largest absolute Gasteiger partial charge is 0.340 e. The number of amides is 1. The van der Waals surface area contributed by atoms with Gasteiger partial charge in [-0.05, 0) is 36.1 Å². The average Bonchev–Trinajstić information content (AvgIpc) is 2.84. The summed E-state index contributed by atoms with van der Waals surface area (Å²) in [5, 5.41) is 0. The maximum atomic E-state index is 13.2. The van der Waals surface area contributed by atoms with E-state index in [-0.39, 0.29) is 11.8 Å². The van der Waals surface area contributed by atoms with Crippen LogP contribution in [0.15, 0.2) is 91.0 Å². The zero-order valence-electron chi connectivity index (χ0n) is 18.2. The molecular formula is C28H32N2O. The van der Waals surface area contributed by atoms with Gasteiger partial charge in [-0.25, -0.2) is 0 Å². The molecule has 0 spiro atoms. The van der Waals surface area contributed by atoms with E-state index >= 15 is 0 Å². The van der Waals surface area contributed by atoms with E-state index in [0.717, 1.165) is 39.1 Å². The van der Waals surface area contributed by atoms with Crippen LogP contribution in [-0.4, -0.2) is 48.4 Å². The molecule has 1 amide bonds. The number of aryl methyl sites for hydroxylation is 1. The maximum absolute atomic E-state index is 13.2. The van der Waals surface area contributed by atoms with Crippen LogP contribution in [0.3, 0.4) is 0 Å². The number of hydrogen-bond donors (Lipinski definition) is 0. The minimum atomic E-state index is 0.110. The summed E-state index contributed by atoms with van der Waals surface area (Å²) in [7, 11) is 0. The molecule has 31 heavy (non-hydrogen) atoms. The molecule has 1 aliphatic rings. The fourth-order valence-corrected chi connectivity index (χ4v) is 4.47. The first kappa shape index (κ1) is 21.3. The SMILES string of the molecule is O=C(CC(c1ccccc1)c1ccccc1)N1CCN(CCCc2ccccc2)CC1. The standard InChI is InChI=1S/C28H32N2O/c31-28(23-27(25-14-6-2-7-15-25)26-16-8-3-9-17-26)30-21-19-29(20-22-30)18-10-13-24-11-4-1-5-12-24/h1-9,11-12,14-17,27H,10,13,18-23H2. The molecule has 1 fully saturated rings. The summed E-state index contributed by atoms with van der Waals surface area (Å²) in [4.78, 5) is 17.7. The Morgan fingerprint density at radius 1 is 0.710 bits per heavy atom. The fraction of sp³-hybridized carbons (Fsp3) is 0.321. The van der Waals surface area contributed by atoms with Crippen molar-refractivity contribution in [2.45, 2.75) is 25.2 Å². The highest BCUT2D eigenvalue weighted by molar-refractivity contribution is 5.78. The van der Waals surface area contributed by atoms with Crippen molar-refractivity contribution in [3.8, 4) is 0 Å². The lowest BCUT2D eigenvalue weighted by molar-refractivity contribution is -0.133. The number of rotatable bonds is 8. The third kappa shape index (κ3) is 6.05. The van der Waals surface area contributed by atoms with E-state index in [1.807, 2.05) is 12.1 Å². The summed E-state index contributed by atoms with van der Waals surface area (Å²) >= 11 is 0. The zero-order chi connectivity index (χ0) is 21.3. The van der Waals surface area contributed by atoms with Gasteiger partial charge in [-0.15, -0.1) is 0 Å². The number of piperazine rings is 1. The second kappa shape index (κ2) is 10.9. The minimum absolute atomic E-state index is 0.110. The van der Waals surface area contributed by atoms with Crippen LogP contribution in [0.4, 0.5) is 0 Å². The number of hydrogen-bond acceptors (Lipinski definition) is 2. The van der Waals surface area contributed by atoms with Gasteiger partial charge in [0.25, 0.3) is 0 Å². The molecule has 0 aliphatic carbocycles. The highest BCUT2D eigenvalue weighted by atomic mass is 16.2. The Bertz CT molecular complexity index is 880. The van der Waals surface area contributed by atoms with E-state index in [1.54, 1.807) is 0 Å². The second-order valence-corrected chi connectivity index (χ2v) is 8.39. The first-order valence-electron chi connectivity index (χ1n) is 11.4. The number of benzene rings is 3. The molecule has 160 valence electrons. The molecule has 3 nitrogen and oxygen atoms in total. The topological polar surface area (TPSA) is 23.6 Å². The Hall–Kier alpha value is -2.91. The first-order valence-corrected chi connectivity index (χ1v) is 11.4. The van der Waals surface area contributed by atoms with Gasteiger partial charge in [-0.2, -0.15) is 0 Å². The lowest BCUT2D eigenvalue weighted by Gasteiger charge is -2.35. The third-order valence-electron chi connectivity index (χ3n) is 6.29. The predicted molar refractivity (Wildman–Crippen MR) is 127 cm³/mol. The summed E-state index contributed by atoms with van der Waals surface area (Å²) in [6, 6.07) is 31.5. The first-order chi connectivity index (χ1) is 15.3. The Morgan fingerprint density at radius 2 is 1.23 bits per heavy atom. The van der Waals surface area contributed by atoms with Crippen LogP contribution >= 0.6 is 0 Å². The molecular weight excluding hydrogens is 380 g/mol. The molecule has 1 heterocycles. The highest BCUT2D eigenvalue weighted by Gasteiger charge is 2.25. The molecule has 1 saturated heterocycles. The molecule has 4 rings (SSSR count). The zero-order valence-corrected chi connectivity index (χ0v) is 18.2. The van der Waals surface area contributed by atoms with Crippen LogP contribution < -0.4 is 0 Å². The van der Waals surface area contributed by atoms with Gasteiger partial charge >= 0.3 is 0 Å². The highest BCUT2D eigenvalue weighted by Crippen LogP contribution is 2.28. The van der Waals surface area contributed by atoms with Crippen molar-refractivity contribution in [3.63, 3.8) is 0 Å². The molecule has 0 aromatic heterocycles. The summed E-state index contributed by atoms with van der Waals surface area (Å²) in [6.45, 7) is 4.72. The van der Waals surface area contributed by atoms with Crippen LogP contribution in [-0.2, 0) is 11.2 Å². The van der Waals surface area contributed by atoms with Crippen LogP contribution in [0.1, 0.15) is 35.4 Å². The van der Waals surface area contributed by atoms with E-state index in [0.29, 0.717) is 6.42 Å². The smallest absolute Gasteiger partial charge is 0.223 e. The number of carbonyl (C=O) groups is 1. The molecule has 3 aromatic carbocycles. The van der Waals surface area contributed by atoms with Gasteiger partial charge in [0.2, 0.25) is 5.91 Å². The molecule has 0 N–H and O–H groups in total. The van der Waals surface area contributed by atoms with E-state index in [1.165, 1.54) is 23.1 Å². The Labute approximate surface area is 186 Å². The molecule has 0 radical (unpaired) electrons. The molecule has 0 bridgehead atoms. The molecule has 0 unspecified atom stereocenters. The van der Waals surface area contributed by atoms with Gasteiger partial charge in [0, 0.05) is 38.5 Å². The van der Waals surface area contributed by atoms with E-state index in [2.05, 4.69) is 88.7 Å². The van der Waals surface area contributed by atoms with E-state index in [4.69, 9.17) is 0 Å². The van der Waals surface area contributed by atoms with Crippen LogP contribution in [0.5, 0.6) is 0 Å². The van der Waals surface area contributed by atoms with Crippen molar-refractivity contribution in [2.24, 2.45) is 0 Å². The normalized spacial score (nSPS) is 14.7. The molecule has 3 aromatic rings. The second-order valence-electron chi connectivity index (χ2n) is 8.39. The van der Waals surface area contributed by atoms with Crippen LogP contribution in [0.2, 0.25) is 0 Å². The van der Waals surface area contributed by atoms with Crippen LogP contribution in [0, 0.1) is 0 Å². The van der Waals surface area contributed by atoms with Crippen molar-refractivity contribution >= 4 is 5.91 Å². The number of nitrogens with zero attached hydrogens (tertiary/aromatic N) is 2. The minimum Gasteiger partial charge on any atom is -0.340 e. The monoisotopic (exact) mass is 412 g/mol. The van der Waals surface area contributed by atoms with Gasteiger partial charge in [-0.3, -0.25) is 9.69 Å². The van der Waals surface area contributed by atoms with E-state index in [9.17, 15) is 4.79 Å². The van der Waals surface area contributed by atoms with Crippen molar-refractivity contribution in [1.82, 2.24) is 9.80 Å².